The fourth-order valence-electron chi connectivity index (χ4n) is 2.86. The third kappa shape index (κ3) is 4.78. The van der Waals surface area contributed by atoms with Crippen LogP contribution in [0, 0.1) is 11.6 Å². The minimum absolute atomic E-state index is 0.00129. The van der Waals surface area contributed by atoms with Gasteiger partial charge in [0.25, 0.3) is 5.91 Å². The average molecular weight is 438 g/mol. The summed E-state index contributed by atoms with van der Waals surface area (Å²) < 4.78 is 32.2. The van der Waals surface area contributed by atoms with Crippen LogP contribution < -0.4 is 20.7 Å². The highest BCUT2D eigenvalue weighted by atomic mass is 19.1. The molecule has 2 heterocycles. The van der Waals surface area contributed by atoms with Gasteiger partial charge in [0.2, 0.25) is 5.95 Å². The van der Waals surface area contributed by atoms with Crippen molar-refractivity contribution in [3.8, 4) is 11.5 Å². The van der Waals surface area contributed by atoms with E-state index >= 15 is 0 Å². The van der Waals surface area contributed by atoms with Gasteiger partial charge in [-0.3, -0.25) is 10.1 Å². The Kier molecular flexibility index (Phi) is 5.62. The Morgan fingerprint density at radius 1 is 1.00 bits per heavy atom. The summed E-state index contributed by atoms with van der Waals surface area (Å²) in [5.41, 5.74) is 0.841. The highest BCUT2D eigenvalue weighted by molar-refractivity contribution is 5.99. The number of ether oxygens (including phenoxy) is 1. The molecule has 0 aliphatic carbocycles. The van der Waals surface area contributed by atoms with E-state index in [0.717, 1.165) is 12.1 Å². The van der Waals surface area contributed by atoms with Crippen LogP contribution in [0.2, 0.25) is 0 Å². The molecule has 0 aliphatic heterocycles. The summed E-state index contributed by atoms with van der Waals surface area (Å²) in [4.78, 5) is 34.8. The van der Waals surface area contributed by atoms with Gasteiger partial charge in [0, 0.05) is 42.6 Å². The fraction of sp³-hybridized carbons (Fsp3) is 0.0476. The first kappa shape index (κ1) is 20.7. The minimum atomic E-state index is -0.815. The molecule has 0 saturated heterocycles. The van der Waals surface area contributed by atoms with Gasteiger partial charge < -0.3 is 20.4 Å². The van der Waals surface area contributed by atoms with Crippen LogP contribution in [-0.2, 0) is 0 Å². The van der Waals surface area contributed by atoms with Crippen LogP contribution in [-0.4, -0.2) is 33.9 Å². The maximum absolute atomic E-state index is 13.2. The molecule has 11 heteroatoms. The summed E-state index contributed by atoms with van der Waals surface area (Å²) >= 11 is 0. The lowest BCUT2D eigenvalue weighted by Crippen LogP contribution is -2.21. The van der Waals surface area contributed by atoms with Gasteiger partial charge in [-0.1, -0.05) is 0 Å². The number of amides is 3. The summed E-state index contributed by atoms with van der Waals surface area (Å²) in [7, 11) is 1.53. The average Bonchev–Trinajstić information content (AvgIpc) is 3.21. The SMILES string of the molecule is CNC(=O)c1cc(Oc2ccc3nc(NC(=O)Nc4cc(F)cc(F)c4)ncc3c2)c[nH]1. The van der Waals surface area contributed by atoms with Gasteiger partial charge in [-0.2, -0.15) is 0 Å². The van der Waals surface area contributed by atoms with Crippen LogP contribution in [0.4, 0.5) is 25.2 Å². The van der Waals surface area contributed by atoms with Crippen molar-refractivity contribution in [1.82, 2.24) is 20.3 Å². The number of anilines is 2. The number of hydrogen-bond acceptors (Lipinski definition) is 5. The molecule has 0 atom stereocenters. The first-order chi connectivity index (χ1) is 15.4. The van der Waals surface area contributed by atoms with Crippen molar-refractivity contribution in [1.29, 1.82) is 0 Å². The molecule has 0 radical (unpaired) electrons. The lowest BCUT2D eigenvalue weighted by atomic mass is 10.2. The predicted molar refractivity (Wildman–Crippen MR) is 113 cm³/mol. The largest absolute Gasteiger partial charge is 0.456 e. The van der Waals surface area contributed by atoms with E-state index in [2.05, 4.69) is 30.9 Å². The van der Waals surface area contributed by atoms with E-state index < -0.39 is 17.7 Å². The van der Waals surface area contributed by atoms with Crippen LogP contribution in [0.3, 0.4) is 0 Å². The Bertz CT molecular complexity index is 1300. The number of carbonyl (C=O) groups excluding carboxylic acids is 2. The molecule has 0 spiro atoms. The number of fused-ring (bicyclic) bond motifs is 1. The fourth-order valence-corrected chi connectivity index (χ4v) is 2.86. The van der Waals surface area contributed by atoms with Gasteiger partial charge in [-0.15, -0.1) is 0 Å². The maximum atomic E-state index is 13.2. The lowest BCUT2D eigenvalue weighted by Gasteiger charge is -2.08. The molecule has 0 fully saturated rings. The monoisotopic (exact) mass is 438 g/mol. The topological polar surface area (TPSA) is 121 Å². The third-order valence-corrected chi connectivity index (χ3v) is 4.26. The number of H-pyrrole nitrogens is 1. The molecule has 0 unspecified atom stereocenters. The van der Waals surface area contributed by atoms with Crippen molar-refractivity contribution >= 4 is 34.5 Å². The number of nitrogens with one attached hydrogen (secondary N) is 4. The van der Waals surface area contributed by atoms with Gasteiger partial charge in [0.15, 0.2) is 0 Å². The normalized spacial score (nSPS) is 10.6. The van der Waals surface area contributed by atoms with Crippen LogP contribution >= 0.6 is 0 Å². The van der Waals surface area contributed by atoms with Crippen molar-refractivity contribution in [2.45, 2.75) is 0 Å². The molecule has 4 N–H and O–H groups in total. The Morgan fingerprint density at radius 3 is 2.53 bits per heavy atom. The number of benzene rings is 2. The molecule has 2 aromatic heterocycles. The Morgan fingerprint density at radius 2 is 1.78 bits per heavy atom. The molecule has 3 amide bonds. The van der Waals surface area contributed by atoms with Crippen molar-refractivity contribution in [2.75, 3.05) is 17.7 Å². The van der Waals surface area contributed by atoms with Crippen LogP contribution in [0.5, 0.6) is 11.5 Å². The van der Waals surface area contributed by atoms with Gasteiger partial charge in [-0.25, -0.2) is 23.5 Å². The molecule has 0 aliphatic rings. The van der Waals surface area contributed by atoms with Crippen molar-refractivity contribution in [3.05, 3.63) is 72.2 Å². The second-order valence-corrected chi connectivity index (χ2v) is 6.58. The Labute approximate surface area is 179 Å². The van der Waals surface area contributed by atoms with E-state index in [1.807, 2.05) is 0 Å². The molecule has 0 saturated carbocycles. The number of aromatic amines is 1. The number of urea groups is 1. The standard InChI is InChI=1S/C21H16F2N6O3/c1-24-19(30)18-8-16(10-25-18)32-15-2-3-17-11(4-15)9-26-20(28-17)29-21(31)27-14-6-12(22)5-13(23)7-14/h2-10,25H,1H3,(H,24,30)(H2,26,27,28,29,31). The molecule has 32 heavy (non-hydrogen) atoms. The predicted octanol–water partition coefficient (Wildman–Crippen LogP) is 4.03. The maximum Gasteiger partial charge on any atom is 0.326 e. The number of nitrogens with zero attached hydrogens (tertiary/aromatic N) is 2. The molecular weight excluding hydrogens is 422 g/mol. The Balaban J connectivity index is 1.44. The van der Waals surface area contributed by atoms with Crippen LogP contribution in [0.15, 0.2) is 54.9 Å². The minimum Gasteiger partial charge on any atom is -0.456 e. The van der Waals surface area contributed by atoms with Crippen molar-refractivity contribution < 1.29 is 23.1 Å². The van der Waals surface area contributed by atoms with E-state index in [1.54, 1.807) is 30.5 Å². The summed E-state index contributed by atoms with van der Waals surface area (Å²) in [6, 6.07) is 8.50. The second kappa shape index (κ2) is 8.68. The highest BCUT2D eigenvalue weighted by Crippen LogP contribution is 2.26. The van der Waals surface area contributed by atoms with E-state index in [0.29, 0.717) is 34.2 Å². The smallest absolute Gasteiger partial charge is 0.326 e. The van der Waals surface area contributed by atoms with E-state index in [-0.39, 0.29) is 17.5 Å². The molecular formula is C21H16F2N6O3. The summed E-state index contributed by atoms with van der Waals surface area (Å²) in [6.07, 6.45) is 3.04. The van der Waals surface area contributed by atoms with E-state index in [4.69, 9.17) is 4.74 Å². The van der Waals surface area contributed by atoms with E-state index in [9.17, 15) is 18.4 Å². The van der Waals surface area contributed by atoms with Gasteiger partial charge in [-0.05, 0) is 30.3 Å². The molecule has 4 aromatic rings. The quantitative estimate of drug-likeness (QED) is 0.375. The van der Waals surface area contributed by atoms with Crippen LogP contribution in [0.25, 0.3) is 10.9 Å². The van der Waals surface area contributed by atoms with Gasteiger partial charge >= 0.3 is 6.03 Å². The summed E-state index contributed by atoms with van der Waals surface area (Å²) in [5.74, 6) is -0.947. The molecule has 162 valence electrons. The first-order valence-electron chi connectivity index (χ1n) is 9.29. The number of aromatic nitrogens is 3. The van der Waals surface area contributed by atoms with Gasteiger partial charge in [0.05, 0.1) is 5.52 Å². The lowest BCUT2D eigenvalue weighted by molar-refractivity contribution is 0.0958. The summed E-state index contributed by atoms with van der Waals surface area (Å²) in [5, 5.41) is 7.86. The summed E-state index contributed by atoms with van der Waals surface area (Å²) in [6.45, 7) is 0. The van der Waals surface area contributed by atoms with Crippen molar-refractivity contribution in [3.63, 3.8) is 0 Å². The zero-order valence-electron chi connectivity index (χ0n) is 16.6. The number of carbonyl (C=O) groups is 2. The second-order valence-electron chi connectivity index (χ2n) is 6.58. The number of halogens is 2. The van der Waals surface area contributed by atoms with Crippen molar-refractivity contribution in [2.24, 2.45) is 0 Å². The highest BCUT2D eigenvalue weighted by Gasteiger charge is 2.10. The molecule has 0 bridgehead atoms. The third-order valence-electron chi connectivity index (χ3n) is 4.26. The van der Waals surface area contributed by atoms with Gasteiger partial charge in [0.1, 0.15) is 28.8 Å². The molecule has 4 rings (SSSR count). The molecule has 9 nitrogen and oxygen atoms in total. The Hall–Kier alpha value is -4.54. The number of rotatable bonds is 5. The van der Waals surface area contributed by atoms with Crippen LogP contribution in [0.1, 0.15) is 10.5 Å². The zero-order chi connectivity index (χ0) is 22.7. The number of hydrogen-bond donors (Lipinski definition) is 4. The first-order valence-corrected chi connectivity index (χ1v) is 9.29. The zero-order valence-corrected chi connectivity index (χ0v) is 16.6. The molecule has 2 aromatic carbocycles. The van der Waals surface area contributed by atoms with E-state index in [1.165, 1.54) is 13.2 Å².